The molecule has 1 aromatic carbocycles. The molecule has 0 bridgehead atoms. The van der Waals surface area contributed by atoms with E-state index in [0.717, 1.165) is 0 Å². The van der Waals surface area contributed by atoms with Crippen molar-refractivity contribution in [2.75, 3.05) is 5.75 Å². The molecule has 0 spiro atoms. The summed E-state index contributed by atoms with van der Waals surface area (Å²) in [4.78, 5) is 11.3. The molecule has 0 amide bonds. The van der Waals surface area contributed by atoms with Gasteiger partial charge in [-0.25, -0.2) is 8.42 Å². The number of Topliss-reactive ketones (excluding diaryl/α,β-unsaturated/α-hetero) is 1. The van der Waals surface area contributed by atoms with E-state index >= 15 is 0 Å². The molecule has 0 radical (unpaired) electrons. The number of ketones is 1. The Bertz CT molecular complexity index is 788. The molecule has 0 saturated carbocycles. The molecule has 0 heterocycles. The molecule has 0 fully saturated rings. The number of carbonyl (C=O) groups is 1. The fraction of sp³-hybridized carbons (Fsp3) is 0.417. The first kappa shape index (κ1) is 26.2. The van der Waals surface area contributed by atoms with Gasteiger partial charge < -0.3 is 4.55 Å². The Morgan fingerprint density at radius 1 is 0.852 bits per heavy atom. The van der Waals surface area contributed by atoms with E-state index in [1.165, 1.54) is 0 Å². The molecule has 1 aromatic rings. The van der Waals surface area contributed by atoms with E-state index in [4.69, 9.17) is 0 Å². The van der Waals surface area contributed by atoms with E-state index in [0.29, 0.717) is 0 Å². The van der Waals surface area contributed by atoms with Gasteiger partial charge in [0.05, 0.1) is 0 Å². The van der Waals surface area contributed by atoms with Crippen molar-refractivity contribution in [3.05, 3.63) is 35.4 Å². The number of benzene rings is 1. The second-order valence-corrected chi connectivity index (χ2v) is 6.33. The molecule has 1 rings (SSSR count). The third kappa shape index (κ3) is 5.16. The molecule has 0 aliphatic rings. The smallest absolute Gasteiger partial charge is 0.748 e. The van der Waals surface area contributed by atoms with Gasteiger partial charge in [-0.3, -0.25) is 4.79 Å². The zero-order chi connectivity index (χ0) is 20.8. The number of hydrogen-bond acceptors (Lipinski definition) is 4. The van der Waals surface area contributed by atoms with Crippen LogP contribution in [0.5, 0.6) is 0 Å². The molecule has 0 aliphatic carbocycles. The van der Waals surface area contributed by atoms with Crippen molar-refractivity contribution in [2.45, 2.75) is 23.9 Å². The molecule has 0 saturated heterocycles. The third-order valence-corrected chi connectivity index (χ3v) is 3.64. The van der Waals surface area contributed by atoms with Crippen LogP contribution in [0.3, 0.4) is 0 Å². The first-order valence-electron chi connectivity index (χ1n) is 6.12. The summed E-state index contributed by atoms with van der Waals surface area (Å²) in [6, 6.07) is 0.424. The molecule has 4 nitrogen and oxygen atoms in total. The standard InChI is InChI=1S/C12H7F9O4S.Na/c13-9(14,10(15,16)11(17,18)12(19,20)21)7-3-1-6(2-4-7)8(22)5-26(23,24)25;/h1-4H,5H2,(H,23,24,25);/q;+1/p-1. The van der Waals surface area contributed by atoms with E-state index in [1.54, 1.807) is 0 Å². The van der Waals surface area contributed by atoms with Gasteiger partial charge in [-0.2, -0.15) is 39.5 Å². The van der Waals surface area contributed by atoms with Gasteiger partial charge in [0, 0.05) is 11.1 Å². The predicted molar refractivity (Wildman–Crippen MR) is 65.2 cm³/mol. The van der Waals surface area contributed by atoms with Crippen LogP contribution < -0.4 is 29.6 Å². The second kappa shape index (κ2) is 7.89. The summed E-state index contributed by atoms with van der Waals surface area (Å²) in [6.07, 6.45) is -6.97. The van der Waals surface area contributed by atoms with Gasteiger partial charge in [0.15, 0.2) is 5.78 Å². The van der Waals surface area contributed by atoms with E-state index in [1.807, 2.05) is 0 Å². The van der Waals surface area contributed by atoms with E-state index < -0.39 is 56.7 Å². The van der Waals surface area contributed by atoms with E-state index in [9.17, 15) is 57.3 Å². The minimum Gasteiger partial charge on any atom is -0.748 e. The first-order valence-corrected chi connectivity index (χ1v) is 7.70. The average Bonchev–Trinajstić information content (AvgIpc) is 2.44. The number of hydrogen-bond donors (Lipinski definition) is 0. The SMILES string of the molecule is O=C(CS(=O)(=O)[O-])c1ccc(C(F)(F)C(F)(F)C(F)(F)C(F)(F)F)cc1.[Na+]. The van der Waals surface area contributed by atoms with Crippen LogP contribution in [0.1, 0.15) is 15.9 Å². The summed E-state index contributed by atoms with van der Waals surface area (Å²) < 4.78 is 146. The van der Waals surface area contributed by atoms with Crippen molar-refractivity contribution < 1.29 is 86.8 Å². The number of carbonyl (C=O) groups excluding carboxylic acids is 1. The fourth-order valence-corrected chi connectivity index (χ4v) is 2.15. The Morgan fingerprint density at radius 3 is 1.59 bits per heavy atom. The van der Waals surface area contributed by atoms with E-state index in [-0.39, 0.29) is 53.8 Å². The Morgan fingerprint density at radius 2 is 1.26 bits per heavy atom. The van der Waals surface area contributed by atoms with Crippen molar-refractivity contribution in [3.8, 4) is 0 Å². The van der Waals surface area contributed by atoms with Gasteiger partial charge in [-0.05, 0) is 0 Å². The van der Waals surface area contributed by atoms with Gasteiger partial charge in [0.25, 0.3) is 0 Å². The Hall–Kier alpha value is -0.830. The summed E-state index contributed by atoms with van der Waals surface area (Å²) >= 11 is 0. The summed E-state index contributed by atoms with van der Waals surface area (Å²) in [6.45, 7) is 0. The van der Waals surface area contributed by atoms with Crippen LogP contribution in [0.15, 0.2) is 24.3 Å². The quantitative estimate of drug-likeness (QED) is 0.277. The topological polar surface area (TPSA) is 74.3 Å². The predicted octanol–water partition coefficient (Wildman–Crippen LogP) is 0.343. The van der Waals surface area contributed by atoms with Gasteiger partial charge in [-0.15, -0.1) is 0 Å². The Kier molecular flexibility index (Phi) is 7.65. The third-order valence-electron chi connectivity index (χ3n) is 3.02. The van der Waals surface area contributed by atoms with Crippen molar-refractivity contribution in [1.29, 1.82) is 0 Å². The number of halogens is 9. The molecule has 15 heteroatoms. The van der Waals surface area contributed by atoms with Crippen molar-refractivity contribution in [2.24, 2.45) is 0 Å². The van der Waals surface area contributed by atoms with Crippen LogP contribution in [0.25, 0.3) is 0 Å². The molecular formula is C12H6F9NaO4S. The summed E-state index contributed by atoms with van der Waals surface area (Å²) in [7, 11) is -5.06. The Labute approximate surface area is 167 Å². The molecule has 0 atom stereocenters. The molecule has 0 aromatic heterocycles. The minimum absolute atomic E-state index is 0. The molecular weight excluding hydrogens is 434 g/mol. The van der Waals surface area contributed by atoms with Crippen LogP contribution in [0, 0.1) is 0 Å². The average molecular weight is 440 g/mol. The maximum absolute atomic E-state index is 13.6. The number of rotatable bonds is 6. The Balaban J connectivity index is 0.00000676. The van der Waals surface area contributed by atoms with Crippen LogP contribution in [-0.4, -0.2) is 42.5 Å². The van der Waals surface area contributed by atoms with Crippen LogP contribution in [0.2, 0.25) is 0 Å². The van der Waals surface area contributed by atoms with Gasteiger partial charge >= 0.3 is 53.5 Å². The van der Waals surface area contributed by atoms with Crippen molar-refractivity contribution in [1.82, 2.24) is 0 Å². The van der Waals surface area contributed by atoms with Crippen LogP contribution >= 0.6 is 0 Å². The zero-order valence-electron chi connectivity index (χ0n) is 13.0. The molecule has 0 aliphatic heterocycles. The van der Waals surface area contributed by atoms with E-state index in [2.05, 4.69) is 0 Å². The normalized spacial score (nSPS) is 13.9. The van der Waals surface area contributed by atoms with Crippen LogP contribution in [0.4, 0.5) is 39.5 Å². The monoisotopic (exact) mass is 440 g/mol. The van der Waals surface area contributed by atoms with Crippen LogP contribution in [-0.2, 0) is 16.0 Å². The van der Waals surface area contributed by atoms with Gasteiger partial charge in [0.1, 0.15) is 15.9 Å². The molecule has 0 unspecified atom stereocenters. The fourth-order valence-electron chi connectivity index (χ4n) is 1.67. The molecule has 148 valence electrons. The molecule has 0 N–H and O–H groups in total. The first-order chi connectivity index (χ1) is 11.3. The molecule has 27 heavy (non-hydrogen) atoms. The second-order valence-electron chi connectivity index (χ2n) is 4.92. The summed E-state index contributed by atoms with van der Waals surface area (Å²) in [5.74, 6) is -23.0. The number of alkyl halides is 9. The largest absolute Gasteiger partial charge is 1.00 e. The zero-order valence-corrected chi connectivity index (χ0v) is 15.8. The minimum atomic E-state index is -7.07. The van der Waals surface area contributed by atoms with Crippen molar-refractivity contribution >= 4 is 15.9 Å². The van der Waals surface area contributed by atoms with Crippen molar-refractivity contribution in [3.63, 3.8) is 0 Å². The summed E-state index contributed by atoms with van der Waals surface area (Å²) in [5, 5.41) is 0. The van der Waals surface area contributed by atoms with Gasteiger partial charge in [0.2, 0.25) is 0 Å². The maximum Gasteiger partial charge on any atom is 1.00 e. The van der Waals surface area contributed by atoms with Gasteiger partial charge in [-0.1, -0.05) is 24.3 Å². The summed E-state index contributed by atoms with van der Waals surface area (Å²) in [5.41, 5.74) is -2.73. The maximum atomic E-state index is 13.6.